The molecule has 1 amide bonds. The van der Waals surface area contributed by atoms with Crippen molar-refractivity contribution in [1.82, 2.24) is 10.2 Å². The molecule has 0 fully saturated rings. The molecule has 0 spiro atoms. The molecule has 0 bridgehead atoms. The molecule has 0 unspecified atom stereocenters. The molecule has 0 radical (unpaired) electrons. The van der Waals surface area contributed by atoms with Crippen LogP contribution in [0.25, 0.3) is 0 Å². The topological polar surface area (TPSA) is 32.3 Å². The minimum Gasteiger partial charge on any atom is -0.351 e. The van der Waals surface area contributed by atoms with Gasteiger partial charge >= 0.3 is 0 Å². The van der Waals surface area contributed by atoms with Crippen LogP contribution >= 0.6 is 0 Å². The summed E-state index contributed by atoms with van der Waals surface area (Å²) >= 11 is 0. The lowest BCUT2D eigenvalue weighted by molar-refractivity contribution is -0.116. The number of hydrogen-bond donors (Lipinski definition) is 1. The third kappa shape index (κ3) is 13.2. The number of nitrogens with zero attached hydrogens (tertiary/aromatic N) is 1. The number of rotatable bonds is 11. The van der Waals surface area contributed by atoms with Gasteiger partial charge in [0, 0.05) is 13.1 Å². The first kappa shape index (κ1) is 17.2. The number of nitrogens with one attached hydrogen (secondary N) is 1. The van der Waals surface area contributed by atoms with Gasteiger partial charge in [0.25, 0.3) is 0 Å². The van der Waals surface area contributed by atoms with Gasteiger partial charge in [0.2, 0.25) is 5.91 Å². The van der Waals surface area contributed by atoms with Crippen molar-refractivity contribution in [3.05, 3.63) is 12.2 Å². The van der Waals surface area contributed by atoms with Gasteiger partial charge in [0.15, 0.2) is 0 Å². The largest absolute Gasteiger partial charge is 0.351 e. The van der Waals surface area contributed by atoms with Crippen LogP contribution < -0.4 is 5.32 Å². The number of unbranched alkanes of at least 4 members (excludes halogenated alkanes) is 6. The molecule has 3 heteroatoms. The molecule has 1 N–H and O–H groups in total. The Kier molecular flexibility index (Phi) is 12.0. The van der Waals surface area contributed by atoms with Crippen LogP contribution in [-0.2, 0) is 4.79 Å². The molecule has 106 valence electrons. The highest BCUT2D eigenvalue weighted by Crippen LogP contribution is 2.06. The number of amides is 1. The van der Waals surface area contributed by atoms with Crippen LogP contribution in [0.1, 0.15) is 51.9 Å². The number of carbonyl (C=O) groups excluding carboxylic acids is 1. The molecule has 0 heterocycles. The maximum absolute atomic E-state index is 11.4. The fraction of sp³-hybridized carbons (Fsp3) is 0.800. The molecule has 0 aromatic carbocycles. The summed E-state index contributed by atoms with van der Waals surface area (Å²) in [6, 6.07) is 0. The van der Waals surface area contributed by atoms with Crippen LogP contribution in [-0.4, -0.2) is 38.0 Å². The Balaban J connectivity index is 3.32. The molecule has 0 atom stereocenters. The summed E-state index contributed by atoms with van der Waals surface area (Å²) in [6.07, 6.45) is 12.5. The van der Waals surface area contributed by atoms with Gasteiger partial charge in [-0.2, -0.15) is 0 Å². The summed E-state index contributed by atoms with van der Waals surface area (Å²) in [4.78, 5) is 13.4. The molecular weight excluding hydrogens is 224 g/mol. The van der Waals surface area contributed by atoms with E-state index in [-0.39, 0.29) is 5.91 Å². The second-order valence-corrected chi connectivity index (χ2v) is 5.05. The van der Waals surface area contributed by atoms with E-state index >= 15 is 0 Å². The molecule has 0 aliphatic rings. The fourth-order valence-corrected chi connectivity index (χ4v) is 1.69. The summed E-state index contributed by atoms with van der Waals surface area (Å²) < 4.78 is 0. The van der Waals surface area contributed by atoms with Gasteiger partial charge in [-0.15, -0.1) is 0 Å². The summed E-state index contributed by atoms with van der Waals surface area (Å²) in [5, 5.41) is 2.87. The highest BCUT2D eigenvalue weighted by atomic mass is 16.1. The SMILES string of the molecule is CCCCCCCC/C=C/C(=O)NCCN(C)C. The molecule has 0 aliphatic heterocycles. The van der Waals surface area contributed by atoms with Crippen molar-refractivity contribution in [1.29, 1.82) is 0 Å². The Morgan fingerprint density at radius 1 is 1.11 bits per heavy atom. The van der Waals surface area contributed by atoms with E-state index in [4.69, 9.17) is 0 Å². The lowest BCUT2D eigenvalue weighted by atomic mass is 10.1. The molecule has 0 aliphatic carbocycles. The van der Waals surface area contributed by atoms with Gasteiger partial charge in [0.05, 0.1) is 0 Å². The van der Waals surface area contributed by atoms with E-state index in [1.54, 1.807) is 6.08 Å². The Hall–Kier alpha value is -0.830. The zero-order chi connectivity index (χ0) is 13.6. The number of carbonyl (C=O) groups is 1. The normalized spacial score (nSPS) is 11.3. The average molecular weight is 254 g/mol. The van der Waals surface area contributed by atoms with Gasteiger partial charge < -0.3 is 10.2 Å². The van der Waals surface area contributed by atoms with E-state index in [1.807, 2.05) is 20.2 Å². The molecule has 0 saturated heterocycles. The van der Waals surface area contributed by atoms with Crippen LogP contribution in [0, 0.1) is 0 Å². The zero-order valence-corrected chi connectivity index (χ0v) is 12.4. The third-order valence-corrected chi connectivity index (χ3v) is 2.85. The fourth-order valence-electron chi connectivity index (χ4n) is 1.69. The maximum atomic E-state index is 11.4. The Morgan fingerprint density at radius 2 is 1.78 bits per heavy atom. The van der Waals surface area contributed by atoms with Crippen molar-refractivity contribution >= 4 is 5.91 Å². The highest BCUT2D eigenvalue weighted by molar-refractivity contribution is 5.87. The Morgan fingerprint density at radius 3 is 2.44 bits per heavy atom. The average Bonchev–Trinajstić information content (AvgIpc) is 2.32. The number of allylic oxidation sites excluding steroid dienone is 1. The number of hydrogen-bond acceptors (Lipinski definition) is 2. The number of likely N-dealkylation sites (N-methyl/N-ethyl adjacent to an activating group) is 1. The van der Waals surface area contributed by atoms with Gasteiger partial charge in [0.1, 0.15) is 0 Å². The van der Waals surface area contributed by atoms with E-state index in [0.717, 1.165) is 13.0 Å². The molecule has 0 aromatic rings. The summed E-state index contributed by atoms with van der Waals surface area (Å²) in [5.41, 5.74) is 0. The first-order chi connectivity index (χ1) is 8.66. The van der Waals surface area contributed by atoms with Crippen molar-refractivity contribution in [2.75, 3.05) is 27.2 Å². The molecular formula is C15H30N2O. The van der Waals surface area contributed by atoms with Crippen molar-refractivity contribution in [3.8, 4) is 0 Å². The lowest BCUT2D eigenvalue weighted by Crippen LogP contribution is -2.30. The smallest absolute Gasteiger partial charge is 0.243 e. The summed E-state index contributed by atoms with van der Waals surface area (Å²) in [5.74, 6) is 0.0304. The van der Waals surface area contributed by atoms with E-state index in [9.17, 15) is 4.79 Å². The minimum atomic E-state index is 0.0304. The van der Waals surface area contributed by atoms with Crippen LogP contribution in [0.15, 0.2) is 12.2 Å². The van der Waals surface area contributed by atoms with Crippen LogP contribution in [0.4, 0.5) is 0 Å². The van der Waals surface area contributed by atoms with Crippen molar-refractivity contribution in [2.24, 2.45) is 0 Å². The Bertz CT molecular complexity index is 225. The van der Waals surface area contributed by atoms with Crippen LogP contribution in [0.5, 0.6) is 0 Å². The van der Waals surface area contributed by atoms with Gasteiger partial charge in [-0.1, -0.05) is 45.1 Å². The molecule has 0 rings (SSSR count). The molecule has 0 saturated carbocycles. The van der Waals surface area contributed by atoms with Crippen molar-refractivity contribution < 1.29 is 4.79 Å². The highest BCUT2D eigenvalue weighted by Gasteiger charge is 1.95. The Labute approximate surface area is 113 Å². The van der Waals surface area contributed by atoms with E-state index in [0.29, 0.717) is 6.54 Å². The molecule has 18 heavy (non-hydrogen) atoms. The van der Waals surface area contributed by atoms with Crippen LogP contribution in [0.2, 0.25) is 0 Å². The second kappa shape index (κ2) is 12.6. The maximum Gasteiger partial charge on any atom is 0.243 e. The van der Waals surface area contributed by atoms with Crippen LogP contribution in [0.3, 0.4) is 0 Å². The van der Waals surface area contributed by atoms with Gasteiger partial charge in [-0.05, 0) is 33.0 Å². The van der Waals surface area contributed by atoms with E-state index < -0.39 is 0 Å². The zero-order valence-electron chi connectivity index (χ0n) is 12.4. The van der Waals surface area contributed by atoms with Gasteiger partial charge in [-0.25, -0.2) is 0 Å². The van der Waals surface area contributed by atoms with E-state index in [1.165, 1.54) is 38.5 Å². The van der Waals surface area contributed by atoms with Crippen molar-refractivity contribution in [2.45, 2.75) is 51.9 Å². The molecule has 0 aromatic heterocycles. The first-order valence-corrected chi connectivity index (χ1v) is 7.26. The second-order valence-electron chi connectivity index (χ2n) is 5.05. The van der Waals surface area contributed by atoms with E-state index in [2.05, 4.69) is 17.1 Å². The predicted molar refractivity (Wildman–Crippen MR) is 78.7 cm³/mol. The third-order valence-electron chi connectivity index (χ3n) is 2.85. The summed E-state index contributed by atoms with van der Waals surface area (Å²) in [7, 11) is 4.00. The summed E-state index contributed by atoms with van der Waals surface area (Å²) in [6.45, 7) is 3.84. The lowest BCUT2D eigenvalue weighted by Gasteiger charge is -2.08. The predicted octanol–water partition coefficient (Wildman–Crippen LogP) is 2.97. The quantitative estimate of drug-likeness (QED) is 0.454. The standard InChI is InChI=1S/C15H30N2O/c1-4-5-6-7-8-9-10-11-12-15(18)16-13-14-17(2)3/h11-12H,4-10,13-14H2,1-3H3,(H,16,18)/b12-11+. The van der Waals surface area contributed by atoms with Crippen molar-refractivity contribution in [3.63, 3.8) is 0 Å². The van der Waals surface area contributed by atoms with Gasteiger partial charge in [-0.3, -0.25) is 4.79 Å². The molecule has 3 nitrogen and oxygen atoms in total. The minimum absolute atomic E-state index is 0.0304. The first-order valence-electron chi connectivity index (χ1n) is 7.26. The monoisotopic (exact) mass is 254 g/mol.